The standard InChI is InChI=1S/C17H23N3OS/c1-13-5-4-6-15(11-13)21-9-8-19-17(18-3)20-12-16-14(2)7-10-22-16/h4-7,10-11H,8-9,12H2,1-3H3,(H2,18,19,20). The van der Waals surface area contributed by atoms with E-state index < -0.39 is 0 Å². The largest absolute Gasteiger partial charge is 0.492 e. The Labute approximate surface area is 136 Å². The van der Waals surface area contributed by atoms with E-state index in [0.717, 1.165) is 18.3 Å². The van der Waals surface area contributed by atoms with Crippen molar-refractivity contribution in [3.8, 4) is 5.75 Å². The van der Waals surface area contributed by atoms with E-state index in [0.29, 0.717) is 13.2 Å². The fraction of sp³-hybridized carbons (Fsp3) is 0.353. The lowest BCUT2D eigenvalue weighted by molar-refractivity contribution is 0.321. The normalized spacial score (nSPS) is 11.3. The molecule has 2 rings (SSSR count). The molecule has 0 fully saturated rings. The number of nitrogens with zero attached hydrogens (tertiary/aromatic N) is 1. The number of guanidine groups is 1. The molecule has 0 bridgehead atoms. The van der Waals surface area contributed by atoms with Gasteiger partial charge in [0.2, 0.25) is 0 Å². The van der Waals surface area contributed by atoms with Crippen LogP contribution >= 0.6 is 11.3 Å². The first-order chi connectivity index (χ1) is 10.7. The van der Waals surface area contributed by atoms with Crippen molar-refractivity contribution in [2.24, 2.45) is 4.99 Å². The number of hydrogen-bond acceptors (Lipinski definition) is 3. The van der Waals surface area contributed by atoms with E-state index in [1.807, 2.05) is 18.2 Å². The Hall–Kier alpha value is -2.01. The molecule has 0 radical (unpaired) electrons. The van der Waals surface area contributed by atoms with Crippen LogP contribution in [0.2, 0.25) is 0 Å². The molecule has 0 saturated carbocycles. The lowest BCUT2D eigenvalue weighted by Crippen LogP contribution is -2.38. The van der Waals surface area contributed by atoms with Crippen LogP contribution in [0, 0.1) is 13.8 Å². The van der Waals surface area contributed by atoms with E-state index in [2.05, 4.69) is 47.0 Å². The molecule has 22 heavy (non-hydrogen) atoms. The molecule has 0 saturated heterocycles. The first kappa shape index (κ1) is 16.4. The topological polar surface area (TPSA) is 45.7 Å². The van der Waals surface area contributed by atoms with Gasteiger partial charge in [-0.25, -0.2) is 0 Å². The van der Waals surface area contributed by atoms with Gasteiger partial charge in [0.15, 0.2) is 5.96 Å². The molecule has 0 spiro atoms. The van der Waals surface area contributed by atoms with E-state index in [1.165, 1.54) is 16.0 Å². The van der Waals surface area contributed by atoms with Gasteiger partial charge in [0.05, 0.1) is 13.1 Å². The van der Waals surface area contributed by atoms with Crippen LogP contribution in [0.25, 0.3) is 0 Å². The molecule has 2 aromatic rings. The first-order valence-electron chi connectivity index (χ1n) is 7.36. The highest BCUT2D eigenvalue weighted by Crippen LogP contribution is 2.14. The maximum absolute atomic E-state index is 5.71. The fourth-order valence-electron chi connectivity index (χ4n) is 2.01. The van der Waals surface area contributed by atoms with E-state index in [1.54, 1.807) is 18.4 Å². The van der Waals surface area contributed by atoms with Gasteiger partial charge in [0.1, 0.15) is 12.4 Å². The number of aliphatic imine (C=N–C) groups is 1. The van der Waals surface area contributed by atoms with E-state index >= 15 is 0 Å². The van der Waals surface area contributed by atoms with Crippen LogP contribution in [-0.4, -0.2) is 26.2 Å². The second-order valence-corrected chi connectivity index (χ2v) is 6.04. The molecule has 118 valence electrons. The van der Waals surface area contributed by atoms with Crippen molar-refractivity contribution in [3.05, 3.63) is 51.7 Å². The summed E-state index contributed by atoms with van der Waals surface area (Å²) in [6.07, 6.45) is 0. The third kappa shape index (κ3) is 5.07. The van der Waals surface area contributed by atoms with Gasteiger partial charge in [-0.1, -0.05) is 12.1 Å². The highest BCUT2D eigenvalue weighted by Gasteiger charge is 2.02. The third-order valence-corrected chi connectivity index (χ3v) is 4.28. The predicted octanol–water partition coefficient (Wildman–Crippen LogP) is 3.11. The van der Waals surface area contributed by atoms with Crippen molar-refractivity contribution in [1.82, 2.24) is 10.6 Å². The quantitative estimate of drug-likeness (QED) is 0.489. The van der Waals surface area contributed by atoms with Gasteiger partial charge in [0.25, 0.3) is 0 Å². The fourth-order valence-corrected chi connectivity index (χ4v) is 2.86. The minimum absolute atomic E-state index is 0.599. The maximum Gasteiger partial charge on any atom is 0.191 e. The number of rotatable bonds is 6. The highest BCUT2D eigenvalue weighted by molar-refractivity contribution is 7.10. The molecule has 0 aliphatic heterocycles. The molecule has 1 heterocycles. The SMILES string of the molecule is CN=C(NCCOc1cccc(C)c1)NCc1sccc1C. The Morgan fingerprint density at radius 3 is 2.77 bits per heavy atom. The van der Waals surface area contributed by atoms with Crippen molar-refractivity contribution in [3.63, 3.8) is 0 Å². The summed E-state index contributed by atoms with van der Waals surface area (Å²) in [6, 6.07) is 10.2. The van der Waals surface area contributed by atoms with E-state index in [9.17, 15) is 0 Å². The minimum atomic E-state index is 0.599. The first-order valence-corrected chi connectivity index (χ1v) is 8.24. The smallest absolute Gasteiger partial charge is 0.191 e. The zero-order valence-electron chi connectivity index (χ0n) is 13.3. The molecule has 0 aliphatic carbocycles. The van der Waals surface area contributed by atoms with Gasteiger partial charge in [-0.05, 0) is 48.6 Å². The second kappa shape index (κ2) is 8.44. The molecule has 0 unspecified atom stereocenters. The summed E-state index contributed by atoms with van der Waals surface area (Å²) in [6.45, 7) is 6.28. The van der Waals surface area contributed by atoms with Gasteiger partial charge in [0, 0.05) is 11.9 Å². The van der Waals surface area contributed by atoms with Gasteiger partial charge in [-0.3, -0.25) is 4.99 Å². The summed E-state index contributed by atoms with van der Waals surface area (Å²) in [7, 11) is 1.78. The van der Waals surface area contributed by atoms with Crippen molar-refractivity contribution < 1.29 is 4.74 Å². The average molecular weight is 317 g/mol. The lowest BCUT2D eigenvalue weighted by atomic mass is 10.2. The van der Waals surface area contributed by atoms with Gasteiger partial charge in [-0.2, -0.15) is 0 Å². The highest BCUT2D eigenvalue weighted by atomic mass is 32.1. The van der Waals surface area contributed by atoms with E-state index in [4.69, 9.17) is 4.74 Å². The van der Waals surface area contributed by atoms with Gasteiger partial charge >= 0.3 is 0 Å². The third-order valence-electron chi connectivity index (χ3n) is 3.26. The predicted molar refractivity (Wildman–Crippen MR) is 93.9 cm³/mol. The Morgan fingerprint density at radius 2 is 2.09 bits per heavy atom. The van der Waals surface area contributed by atoms with Gasteiger partial charge in [-0.15, -0.1) is 11.3 Å². The molecular formula is C17H23N3OS. The number of aryl methyl sites for hydroxylation is 2. The number of nitrogens with one attached hydrogen (secondary N) is 2. The van der Waals surface area contributed by atoms with Crippen LogP contribution in [0.1, 0.15) is 16.0 Å². The summed E-state index contributed by atoms with van der Waals surface area (Å²) in [4.78, 5) is 5.55. The molecule has 1 aromatic carbocycles. The molecular weight excluding hydrogens is 294 g/mol. The summed E-state index contributed by atoms with van der Waals surface area (Å²) < 4.78 is 5.71. The lowest BCUT2D eigenvalue weighted by Gasteiger charge is -2.12. The number of hydrogen-bond donors (Lipinski definition) is 2. The minimum Gasteiger partial charge on any atom is -0.492 e. The molecule has 0 aliphatic rings. The molecule has 0 atom stereocenters. The number of benzene rings is 1. The molecule has 1 aromatic heterocycles. The Bertz CT molecular complexity index is 622. The van der Waals surface area contributed by atoms with Crippen LogP contribution in [0.5, 0.6) is 5.75 Å². The summed E-state index contributed by atoms with van der Waals surface area (Å²) in [5, 5.41) is 8.68. The average Bonchev–Trinajstić information content (AvgIpc) is 2.92. The van der Waals surface area contributed by atoms with Crippen LogP contribution in [-0.2, 0) is 6.54 Å². The Kier molecular flexibility index (Phi) is 6.27. The molecule has 5 heteroatoms. The number of thiophene rings is 1. The van der Waals surface area contributed by atoms with Crippen molar-refractivity contribution in [1.29, 1.82) is 0 Å². The molecule has 2 N–H and O–H groups in total. The van der Waals surface area contributed by atoms with Crippen LogP contribution in [0.3, 0.4) is 0 Å². The molecule has 0 amide bonds. The zero-order valence-corrected chi connectivity index (χ0v) is 14.2. The van der Waals surface area contributed by atoms with Crippen molar-refractivity contribution in [2.75, 3.05) is 20.2 Å². The number of ether oxygens (including phenoxy) is 1. The molecule has 4 nitrogen and oxygen atoms in total. The zero-order chi connectivity index (χ0) is 15.8. The summed E-state index contributed by atoms with van der Waals surface area (Å²) >= 11 is 1.76. The maximum atomic E-state index is 5.71. The van der Waals surface area contributed by atoms with Crippen LogP contribution in [0.4, 0.5) is 0 Å². The van der Waals surface area contributed by atoms with Gasteiger partial charge < -0.3 is 15.4 Å². The van der Waals surface area contributed by atoms with E-state index in [-0.39, 0.29) is 0 Å². The second-order valence-electron chi connectivity index (χ2n) is 5.04. The van der Waals surface area contributed by atoms with Crippen LogP contribution < -0.4 is 15.4 Å². The van der Waals surface area contributed by atoms with Crippen molar-refractivity contribution in [2.45, 2.75) is 20.4 Å². The summed E-state index contributed by atoms with van der Waals surface area (Å²) in [5.41, 5.74) is 2.52. The summed E-state index contributed by atoms with van der Waals surface area (Å²) in [5.74, 6) is 1.69. The van der Waals surface area contributed by atoms with Crippen molar-refractivity contribution >= 4 is 17.3 Å². The Balaban J connectivity index is 1.69. The Morgan fingerprint density at radius 1 is 1.23 bits per heavy atom. The van der Waals surface area contributed by atoms with Crippen LogP contribution in [0.15, 0.2) is 40.7 Å². The monoisotopic (exact) mass is 317 g/mol.